The van der Waals surface area contributed by atoms with E-state index in [2.05, 4.69) is 10.1 Å². The van der Waals surface area contributed by atoms with Crippen LogP contribution in [-0.4, -0.2) is 40.0 Å². The van der Waals surface area contributed by atoms with Crippen LogP contribution in [0.3, 0.4) is 0 Å². The zero-order chi connectivity index (χ0) is 33.5. The van der Waals surface area contributed by atoms with Crippen molar-refractivity contribution in [3.8, 4) is 11.5 Å². The summed E-state index contributed by atoms with van der Waals surface area (Å²) in [6.07, 6.45) is -6.72. The van der Waals surface area contributed by atoms with E-state index >= 15 is 0 Å². The van der Waals surface area contributed by atoms with Crippen LogP contribution >= 0.6 is 22.9 Å². The van der Waals surface area contributed by atoms with Gasteiger partial charge in [-0.25, -0.2) is 17.2 Å². The van der Waals surface area contributed by atoms with Gasteiger partial charge in [0, 0.05) is 33.1 Å². The standard InChI is InChI=1S/C31H29ClF5NO5S2/c1-29(2,20-12-23(42-16-27(33)34)15-24(13-20)43-31(35,36)37)19-10-21(32)14-22(11-19)38-28(39)26-9-17-8-18(6-7-25(17)44-26)30(3,4)45(5,40)41/h6-15,27H,16H2,1-5H3,(H,38,39). The molecule has 0 aliphatic carbocycles. The highest BCUT2D eigenvalue weighted by molar-refractivity contribution is 7.91. The molecule has 0 bridgehead atoms. The first-order chi connectivity index (χ1) is 20.7. The lowest BCUT2D eigenvalue weighted by molar-refractivity contribution is -0.274. The minimum atomic E-state index is -5.03. The summed E-state index contributed by atoms with van der Waals surface area (Å²) < 4.78 is 97.9. The van der Waals surface area contributed by atoms with Crippen molar-refractivity contribution in [2.45, 2.75) is 50.6 Å². The predicted octanol–water partition coefficient (Wildman–Crippen LogP) is 8.96. The summed E-state index contributed by atoms with van der Waals surface area (Å²) in [5.74, 6) is -1.36. The number of carbonyl (C=O) groups excluding carboxylic acids is 1. The average Bonchev–Trinajstić information content (AvgIpc) is 3.34. The summed E-state index contributed by atoms with van der Waals surface area (Å²) in [4.78, 5) is 13.6. The van der Waals surface area contributed by atoms with Crippen LogP contribution < -0.4 is 14.8 Å². The first-order valence-corrected chi connectivity index (χ1v) is 16.4. The van der Waals surface area contributed by atoms with Crippen molar-refractivity contribution in [2.75, 3.05) is 18.2 Å². The van der Waals surface area contributed by atoms with E-state index in [0.29, 0.717) is 27.1 Å². The number of thiophene rings is 1. The van der Waals surface area contributed by atoms with E-state index in [0.717, 1.165) is 23.1 Å². The molecule has 0 unspecified atom stereocenters. The van der Waals surface area contributed by atoms with Crippen LogP contribution in [0.5, 0.6) is 11.5 Å². The van der Waals surface area contributed by atoms with Crippen molar-refractivity contribution < 1.29 is 44.6 Å². The molecule has 3 aromatic carbocycles. The third kappa shape index (κ3) is 8.06. The van der Waals surface area contributed by atoms with E-state index in [4.69, 9.17) is 16.3 Å². The molecule has 45 heavy (non-hydrogen) atoms. The molecule has 0 spiro atoms. The molecule has 14 heteroatoms. The lowest BCUT2D eigenvalue weighted by Crippen LogP contribution is -2.27. The van der Waals surface area contributed by atoms with Crippen molar-refractivity contribution in [3.05, 3.63) is 87.3 Å². The monoisotopic (exact) mass is 689 g/mol. The van der Waals surface area contributed by atoms with Gasteiger partial charge in [-0.2, -0.15) is 0 Å². The normalized spacial score (nSPS) is 12.9. The van der Waals surface area contributed by atoms with Gasteiger partial charge in [0.1, 0.15) is 18.1 Å². The lowest BCUT2D eigenvalue weighted by Gasteiger charge is -2.28. The van der Waals surface area contributed by atoms with Crippen LogP contribution in [0.4, 0.5) is 27.6 Å². The predicted molar refractivity (Wildman–Crippen MR) is 166 cm³/mol. The number of carbonyl (C=O) groups is 1. The van der Waals surface area contributed by atoms with Gasteiger partial charge in [0.25, 0.3) is 12.3 Å². The zero-order valence-corrected chi connectivity index (χ0v) is 27.1. The van der Waals surface area contributed by atoms with Gasteiger partial charge in [-0.15, -0.1) is 24.5 Å². The molecule has 0 aliphatic rings. The van der Waals surface area contributed by atoms with Crippen LogP contribution in [0.15, 0.2) is 60.7 Å². The Balaban J connectivity index is 1.65. The van der Waals surface area contributed by atoms with Gasteiger partial charge in [0.2, 0.25) is 0 Å². The number of sulfone groups is 1. The average molecular weight is 690 g/mol. The number of halogens is 6. The minimum Gasteiger partial charge on any atom is -0.487 e. The second kappa shape index (κ2) is 12.4. The molecule has 0 atom stereocenters. The van der Waals surface area contributed by atoms with Crippen molar-refractivity contribution in [2.24, 2.45) is 0 Å². The third-order valence-corrected chi connectivity index (χ3v) is 10.9. The summed E-state index contributed by atoms with van der Waals surface area (Å²) in [5.41, 5.74) is 0.530. The first kappa shape index (κ1) is 34.5. The highest BCUT2D eigenvalue weighted by Gasteiger charge is 2.34. The summed E-state index contributed by atoms with van der Waals surface area (Å²) in [6, 6.07) is 14.9. The molecule has 4 aromatic rings. The number of alkyl halides is 5. The smallest absolute Gasteiger partial charge is 0.487 e. The summed E-state index contributed by atoms with van der Waals surface area (Å²) in [7, 11) is -3.42. The van der Waals surface area contributed by atoms with Crippen LogP contribution in [0, 0.1) is 0 Å². The molecule has 4 rings (SSSR count). The number of fused-ring (bicyclic) bond motifs is 1. The maximum atomic E-state index is 13.3. The van der Waals surface area contributed by atoms with Gasteiger partial charge in [0.05, 0.1) is 9.62 Å². The van der Waals surface area contributed by atoms with E-state index in [1.165, 1.54) is 23.5 Å². The molecule has 0 aliphatic heterocycles. The summed E-state index contributed by atoms with van der Waals surface area (Å²) in [5, 5.41) is 3.70. The molecule has 0 saturated heterocycles. The van der Waals surface area contributed by atoms with E-state index in [-0.39, 0.29) is 16.3 Å². The number of amides is 1. The van der Waals surface area contributed by atoms with E-state index < -0.39 is 51.1 Å². The molecular formula is C31H29ClF5NO5S2. The Hall–Kier alpha value is -3.42. The maximum Gasteiger partial charge on any atom is 0.573 e. The van der Waals surface area contributed by atoms with Crippen LogP contribution in [0.2, 0.25) is 5.02 Å². The molecular weight excluding hydrogens is 661 g/mol. The molecule has 0 fully saturated rings. The Bertz CT molecular complexity index is 1850. The van der Waals surface area contributed by atoms with Gasteiger partial charge < -0.3 is 14.8 Å². The lowest BCUT2D eigenvalue weighted by atomic mass is 9.78. The van der Waals surface area contributed by atoms with Crippen LogP contribution in [-0.2, 0) is 20.0 Å². The quantitative estimate of drug-likeness (QED) is 0.168. The van der Waals surface area contributed by atoms with Gasteiger partial charge in [-0.1, -0.05) is 31.5 Å². The number of rotatable bonds is 10. The van der Waals surface area contributed by atoms with Gasteiger partial charge in [-0.05, 0) is 84.5 Å². The molecule has 242 valence electrons. The zero-order valence-electron chi connectivity index (χ0n) is 24.7. The molecule has 6 nitrogen and oxygen atoms in total. The van der Waals surface area contributed by atoms with E-state index in [1.807, 2.05) is 0 Å². The molecule has 0 radical (unpaired) electrons. The Morgan fingerprint density at radius 1 is 0.911 bits per heavy atom. The van der Waals surface area contributed by atoms with Gasteiger partial charge >= 0.3 is 6.36 Å². The SMILES string of the molecule is CC(C)(c1cc(Cl)cc(NC(=O)c2cc3cc(C(C)(C)S(C)(=O)=O)ccc3s2)c1)c1cc(OCC(F)F)cc(OC(F)(F)F)c1. The van der Waals surface area contributed by atoms with Gasteiger partial charge in [0.15, 0.2) is 9.84 Å². The Labute approximate surface area is 266 Å². The molecule has 1 amide bonds. The second-order valence-electron chi connectivity index (χ2n) is 11.4. The Morgan fingerprint density at radius 3 is 2.18 bits per heavy atom. The highest BCUT2D eigenvalue weighted by atomic mass is 35.5. The Morgan fingerprint density at radius 2 is 1.56 bits per heavy atom. The van der Waals surface area contributed by atoms with Crippen molar-refractivity contribution in [1.29, 1.82) is 0 Å². The first-order valence-electron chi connectivity index (χ1n) is 13.3. The number of hydrogen-bond donors (Lipinski definition) is 1. The second-order valence-corrected chi connectivity index (χ2v) is 15.5. The van der Waals surface area contributed by atoms with Crippen molar-refractivity contribution >= 4 is 54.5 Å². The molecule has 1 aromatic heterocycles. The van der Waals surface area contributed by atoms with Gasteiger partial charge in [-0.3, -0.25) is 4.79 Å². The topological polar surface area (TPSA) is 81.7 Å². The van der Waals surface area contributed by atoms with Crippen LogP contribution in [0.1, 0.15) is 54.1 Å². The number of anilines is 1. The fourth-order valence-electron chi connectivity index (χ4n) is 4.49. The van der Waals surface area contributed by atoms with Crippen molar-refractivity contribution in [3.63, 3.8) is 0 Å². The van der Waals surface area contributed by atoms with E-state index in [1.54, 1.807) is 64.1 Å². The number of hydrogen-bond acceptors (Lipinski definition) is 6. The molecule has 1 N–H and O–H groups in total. The molecule has 0 saturated carbocycles. The molecule has 1 heterocycles. The number of nitrogens with one attached hydrogen (secondary N) is 1. The summed E-state index contributed by atoms with van der Waals surface area (Å²) >= 11 is 7.60. The fourth-order valence-corrected chi connectivity index (χ4v) is 6.22. The highest BCUT2D eigenvalue weighted by Crippen LogP contribution is 2.40. The fraction of sp³-hybridized carbons (Fsp3) is 0.323. The number of benzene rings is 3. The largest absolute Gasteiger partial charge is 0.573 e. The van der Waals surface area contributed by atoms with E-state index in [9.17, 15) is 35.2 Å². The van der Waals surface area contributed by atoms with Crippen molar-refractivity contribution in [1.82, 2.24) is 0 Å². The Kier molecular flexibility index (Phi) is 9.50. The minimum absolute atomic E-state index is 0.219. The summed E-state index contributed by atoms with van der Waals surface area (Å²) in [6.45, 7) is 5.54. The third-order valence-electron chi connectivity index (χ3n) is 7.45. The number of ether oxygens (including phenoxy) is 2. The van der Waals surface area contributed by atoms with Crippen LogP contribution in [0.25, 0.3) is 10.1 Å². The maximum absolute atomic E-state index is 13.3.